The van der Waals surface area contributed by atoms with E-state index >= 15 is 0 Å². The summed E-state index contributed by atoms with van der Waals surface area (Å²) in [6.07, 6.45) is 0.834. The summed E-state index contributed by atoms with van der Waals surface area (Å²) in [4.78, 5) is 3.67. The molecule has 0 saturated heterocycles. The molecule has 0 fully saturated rings. The Morgan fingerprint density at radius 1 is 1.40 bits per heavy atom. The Morgan fingerprint density at radius 3 is 2.13 bits per heavy atom. The third kappa shape index (κ3) is 5.82. The first-order valence-electron chi connectivity index (χ1n) is 3.41. The van der Waals surface area contributed by atoms with E-state index in [4.69, 9.17) is 40.6 Å². The molecule has 88 valence electrons. The minimum absolute atomic E-state index is 0.168. The van der Waals surface area contributed by atoms with Gasteiger partial charge in [0, 0.05) is 0 Å². The van der Waals surface area contributed by atoms with Gasteiger partial charge in [0.05, 0.1) is 11.9 Å². The smallest absolute Gasteiger partial charge is 0.394 e. The molecule has 0 aromatic rings. The van der Waals surface area contributed by atoms with Crippen molar-refractivity contribution in [2.24, 2.45) is 28.0 Å². The van der Waals surface area contributed by atoms with Gasteiger partial charge in [0.1, 0.15) is 6.17 Å². The lowest BCUT2D eigenvalue weighted by molar-refractivity contribution is 0.353. The first-order chi connectivity index (χ1) is 6.63. The van der Waals surface area contributed by atoms with Crippen LogP contribution in [0.5, 0.6) is 0 Å². The van der Waals surface area contributed by atoms with Gasteiger partial charge in [-0.3, -0.25) is 14.1 Å². The summed E-state index contributed by atoms with van der Waals surface area (Å²) in [5, 5.41) is 1.11. The second-order valence-corrected chi connectivity index (χ2v) is 3.31. The number of guanidine groups is 1. The van der Waals surface area contributed by atoms with Crippen LogP contribution in [0.4, 0.5) is 0 Å². The normalized spacial score (nSPS) is 21.1. The van der Waals surface area contributed by atoms with E-state index in [9.17, 15) is 0 Å². The fourth-order valence-corrected chi connectivity index (χ4v) is 0.587. The molecule has 1 aliphatic heterocycles. The van der Waals surface area contributed by atoms with E-state index in [-0.39, 0.29) is 5.96 Å². The zero-order valence-electron chi connectivity index (χ0n) is 7.48. The largest absolute Gasteiger partial charge is 0.398 e. The molecule has 0 radical (unpaired) electrons. The molecule has 1 aliphatic rings. The number of rotatable bonds is 0. The van der Waals surface area contributed by atoms with Gasteiger partial charge in [-0.1, -0.05) is 0 Å². The Bertz CT molecular complexity index is 345. The number of hydrogen-bond donors (Lipinski definition) is 6. The summed E-state index contributed by atoms with van der Waals surface area (Å²) in [7, 11) is -4.67. The summed E-state index contributed by atoms with van der Waals surface area (Å²) in [6, 6.07) is 0. The average Bonchev–Trinajstić information content (AvgIpc) is 2.05. The number of nitrogens with two attached hydrogens (primary N) is 4. The zero-order valence-corrected chi connectivity index (χ0v) is 8.29. The van der Waals surface area contributed by atoms with Crippen molar-refractivity contribution in [3.05, 3.63) is 11.9 Å². The molecule has 1 heterocycles. The molecule has 0 aromatic heterocycles. The van der Waals surface area contributed by atoms with Crippen molar-refractivity contribution in [2.45, 2.75) is 6.17 Å². The van der Waals surface area contributed by atoms with E-state index in [1.165, 1.54) is 6.20 Å². The van der Waals surface area contributed by atoms with Crippen LogP contribution in [0.25, 0.3) is 0 Å². The molecule has 0 amide bonds. The molecular weight excluding hydrogens is 228 g/mol. The molecule has 1 unspecified atom stereocenters. The first-order valence-corrected chi connectivity index (χ1v) is 4.81. The summed E-state index contributed by atoms with van der Waals surface area (Å²) >= 11 is 0. The minimum atomic E-state index is -4.67. The van der Waals surface area contributed by atoms with Gasteiger partial charge in [0.15, 0.2) is 0 Å². The van der Waals surface area contributed by atoms with Crippen molar-refractivity contribution in [1.29, 1.82) is 0 Å². The maximum absolute atomic E-state index is 8.74. The van der Waals surface area contributed by atoms with Crippen LogP contribution in [0.1, 0.15) is 0 Å². The van der Waals surface area contributed by atoms with Crippen LogP contribution in [0.3, 0.4) is 0 Å². The van der Waals surface area contributed by atoms with E-state index in [0.717, 1.165) is 5.01 Å². The monoisotopic (exact) mass is 240 g/mol. The van der Waals surface area contributed by atoms with Crippen molar-refractivity contribution in [3.8, 4) is 0 Å². The third-order valence-electron chi connectivity index (χ3n) is 1.25. The molecular formula is C4H12N6O4S. The van der Waals surface area contributed by atoms with E-state index < -0.39 is 16.6 Å². The topological polar surface area (TPSA) is 194 Å². The lowest BCUT2D eigenvalue weighted by Gasteiger charge is -2.27. The summed E-state index contributed by atoms with van der Waals surface area (Å²) in [5.74, 6) is 5.51. The SMILES string of the molecule is NC1=CN=C(N)N(N)C1N.O=S(=O)(O)O. The van der Waals surface area contributed by atoms with E-state index in [1.54, 1.807) is 0 Å². The lowest BCUT2D eigenvalue weighted by Crippen LogP contribution is -2.56. The Kier molecular flexibility index (Phi) is 4.44. The fraction of sp³-hybridized carbons (Fsp3) is 0.250. The van der Waals surface area contributed by atoms with Crippen LogP contribution < -0.4 is 23.0 Å². The molecule has 0 spiro atoms. The van der Waals surface area contributed by atoms with Crippen molar-refractivity contribution in [1.82, 2.24) is 5.01 Å². The summed E-state index contributed by atoms with van der Waals surface area (Å²) < 4.78 is 31.6. The molecule has 10 N–H and O–H groups in total. The zero-order chi connectivity index (χ0) is 12.2. The lowest BCUT2D eigenvalue weighted by atomic mass is 10.3. The van der Waals surface area contributed by atoms with Gasteiger partial charge in [-0.05, 0) is 0 Å². The quantitative estimate of drug-likeness (QED) is 0.188. The van der Waals surface area contributed by atoms with Crippen LogP contribution >= 0.6 is 0 Å². The maximum Gasteiger partial charge on any atom is 0.394 e. The van der Waals surface area contributed by atoms with Gasteiger partial charge >= 0.3 is 10.4 Å². The maximum atomic E-state index is 8.74. The second kappa shape index (κ2) is 4.90. The molecule has 1 rings (SSSR count). The Balaban J connectivity index is 0.000000336. The molecule has 15 heavy (non-hydrogen) atoms. The first kappa shape index (κ1) is 13.6. The van der Waals surface area contributed by atoms with Crippen molar-refractivity contribution in [3.63, 3.8) is 0 Å². The molecule has 11 heteroatoms. The van der Waals surface area contributed by atoms with Crippen molar-refractivity contribution in [2.75, 3.05) is 0 Å². The van der Waals surface area contributed by atoms with Gasteiger partial charge in [0.2, 0.25) is 5.96 Å². The number of hydrazine groups is 1. The number of hydrogen-bond acceptors (Lipinski definition) is 8. The summed E-state index contributed by atoms with van der Waals surface area (Å²) in [6.45, 7) is 0. The predicted molar refractivity (Wildman–Crippen MR) is 52.1 cm³/mol. The van der Waals surface area contributed by atoms with Gasteiger partial charge in [0.25, 0.3) is 0 Å². The van der Waals surface area contributed by atoms with Crippen LogP contribution in [-0.2, 0) is 10.4 Å². The highest BCUT2D eigenvalue weighted by Gasteiger charge is 2.18. The molecule has 0 aromatic carbocycles. The highest BCUT2D eigenvalue weighted by molar-refractivity contribution is 7.79. The van der Waals surface area contributed by atoms with Gasteiger partial charge < -0.3 is 17.2 Å². The highest BCUT2D eigenvalue weighted by atomic mass is 32.3. The van der Waals surface area contributed by atoms with E-state index in [1.807, 2.05) is 0 Å². The average molecular weight is 240 g/mol. The third-order valence-corrected chi connectivity index (χ3v) is 1.25. The van der Waals surface area contributed by atoms with Crippen LogP contribution in [0.15, 0.2) is 16.9 Å². The molecule has 0 aliphatic carbocycles. The van der Waals surface area contributed by atoms with Crippen LogP contribution in [-0.4, -0.2) is 34.7 Å². The standard InChI is InChI=1S/C4H10N6.H2O4S/c5-2-1-9-4(7)10(8)3(2)6;1-5(2,3)4/h1,3H,5-6,8H2,(H2,7,9);(H2,1,2,3,4). The highest BCUT2D eigenvalue weighted by Crippen LogP contribution is 2.00. The fourth-order valence-electron chi connectivity index (χ4n) is 0.587. The van der Waals surface area contributed by atoms with Crippen molar-refractivity contribution >= 4 is 16.4 Å². The molecule has 0 bridgehead atoms. The van der Waals surface area contributed by atoms with Crippen LogP contribution in [0, 0.1) is 0 Å². The molecule has 0 saturated carbocycles. The summed E-state index contributed by atoms with van der Waals surface area (Å²) in [5.41, 5.74) is 16.5. The van der Waals surface area contributed by atoms with E-state index in [2.05, 4.69) is 4.99 Å². The number of aliphatic imine (C=N–C) groups is 1. The Hall–Kier alpha value is -1.40. The molecule has 10 nitrogen and oxygen atoms in total. The Morgan fingerprint density at radius 2 is 1.80 bits per heavy atom. The van der Waals surface area contributed by atoms with Gasteiger partial charge in [-0.25, -0.2) is 10.8 Å². The second-order valence-electron chi connectivity index (χ2n) is 2.42. The predicted octanol–water partition coefficient (Wildman–Crippen LogP) is -3.08. The van der Waals surface area contributed by atoms with Crippen LogP contribution in [0.2, 0.25) is 0 Å². The minimum Gasteiger partial charge on any atom is -0.398 e. The van der Waals surface area contributed by atoms with E-state index in [0.29, 0.717) is 5.70 Å². The Labute approximate surface area is 85.8 Å². The van der Waals surface area contributed by atoms with Gasteiger partial charge in [-0.2, -0.15) is 8.42 Å². The van der Waals surface area contributed by atoms with Crippen molar-refractivity contribution < 1.29 is 17.5 Å². The van der Waals surface area contributed by atoms with Gasteiger partial charge in [-0.15, -0.1) is 0 Å². The number of nitrogens with zero attached hydrogens (tertiary/aromatic N) is 2. The molecule has 1 atom stereocenters.